The fourth-order valence-corrected chi connectivity index (χ4v) is 2.69. The average molecular weight is 295 g/mol. The van der Waals surface area contributed by atoms with Crippen LogP contribution in [0.5, 0.6) is 0 Å². The number of anilines is 1. The van der Waals surface area contributed by atoms with Gasteiger partial charge in [-0.05, 0) is 23.7 Å². The summed E-state index contributed by atoms with van der Waals surface area (Å²) in [5.41, 5.74) is 2.14. The number of rotatable bonds is 1. The van der Waals surface area contributed by atoms with Crippen molar-refractivity contribution in [2.45, 2.75) is 26.2 Å². The lowest BCUT2D eigenvalue weighted by molar-refractivity contribution is 0.122. The SMILES string of the molecule is CC(C)(C)c1ccc2c(N3CCOCC3)nc(Cl)nn12. The van der Waals surface area contributed by atoms with E-state index in [-0.39, 0.29) is 10.7 Å². The van der Waals surface area contributed by atoms with Crippen LogP contribution in [0.2, 0.25) is 5.28 Å². The van der Waals surface area contributed by atoms with Crippen LogP contribution in [-0.2, 0) is 10.2 Å². The molecule has 1 aliphatic heterocycles. The minimum absolute atomic E-state index is 0.00633. The van der Waals surface area contributed by atoms with E-state index in [1.165, 1.54) is 0 Å². The number of hydrogen-bond acceptors (Lipinski definition) is 4. The van der Waals surface area contributed by atoms with E-state index in [4.69, 9.17) is 16.3 Å². The Morgan fingerprint density at radius 3 is 2.55 bits per heavy atom. The molecule has 0 N–H and O–H groups in total. The summed E-state index contributed by atoms with van der Waals surface area (Å²) in [5.74, 6) is 0.892. The van der Waals surface area contributed by atoms with Crippen LogP contribution >= 0.6 is 11.6 Å². The van der Waals surface area contributed by atoms with Crippen molar-refractivity contribution < 1.29 is 4.74 Å². The molecule has 0 unspecified atom stereocenters. The van der Waals surface area contributed by atoms with Crippen molar-refractivity contribution in [3.05, 3.63) is 23.1 Å². The van der Waals surface area contributed by atoms with E-state index in [2.05, 4.69) is 47.9 Å². The summed E-state index contributed by atoms with van der Waals surface area (Å²) in [4.78, 5) is 6.63. The highest BCUT2D eigenvalue weighted by molar-refractivity contribution is 6.28. The highest BCUT2D eigenvalue weighted by Crippen LogP contribution is 2.29. The Morgan fingerprint density at radius 2 is 1.90 bits per heavy atom. The third-order valence-electron chi connectivity index (χ3n) is 3.54. The molecule has 0 bridgehead atoms. The summed E-state index contributed by atoms with van der Waals surface area (Å²) in [6.45, 7) is 9.61. The predicted octanol–water partition coefficient (Wildman–Crippen LogP) is 2.52. The summed E-state index contributed by atoms with van der Waals surface area (Å²) >= 11 is 6.12. The Kier molecular flexibility index (Phi) is 3.34. The van der Waals surface area contributed by atoms with Crippen molar-refractivity contribution in [2.75, 3.05) is 31.2 Å². The lowest BCUT2D eigenvalue weighted by Crippen LogP contribution is -2.37. The molecule has 2 aromatic heterocycles. The molecule has 6 heteroatoms. The zero-order valence-corrected chi connectivity index (χ0v) is 12.8. The van der Waals surface area contributed by atoms with Crippen molar-refractivity contribution in [3.8, 4) is 0 Å². The molecule has 0 spiro atoms. The van der Waals surface area contributed by atoms with E-state index in [1.54, 1.807) is 0 Å². The van der Waals surface area contributed by atoms with Crippen molar-refractivity contribution in [2.24, 2.45) is 0 Å². The van der Waals surface area contributed by atoms with E-state index in [1.807, 2.05) is 4.52 Å². The number of halogens is 1. The Hall–Kier alpha value is -1.33. The zero-order valence-electron chi connectivity index (χ0n) is 12.1. The van der Waals surface area contributed by atoms with Gasteiger partial charge < -0.3 is 9.64 Å². The van der Waals surface area contributed by atoms with Crippen LogP contribution in [0.1, 0.15) is 26.5 Å². The summed E-state index contributed by atoms with van der Waals surface area (Å²) in [6.07, 6.45) is 0. The molecule has 0 amide bonds. The molecule has 0 aromatic carbocycles. The van der Waals surface area contributed by atoms with Gasteiger partial charge in [-0.1, -0.05) is 20.8 Å². The molecule has 3 rings (SSSR count). The van der Waals surface area contributed by atoms with Crippen LogP contribution in [-0.4, -0.2) is 40.9 Å². The number of fused-ring (bicyclic) bond motifs is 1. The number of aromatic nitrogens is 3. The number of hydrogen-bond donors (Lipinski definition) is 0. The van der Waals surface area contributed by atoms with Gasteiger partial charge in [-0.25, -0.2) is 4.52 Å². The quantitative estimate of drug-likeness (QED) is 0.810. The maximum Gasteiger partial charge on any atom is 0.243 e. The van der Waals surface area contributed by atoms with Gasteiger partial charge in [-0.15, -0.1) is 5.10 Å². The maximum atomic E-state index is 6.12. The fraction of sp³-hybridized carbons (Fsp3) is 0.571. The van der Waals surface area contributed by atoms with Gasteiger partial charge in [0.15, 0.2) is 5.82 Å². The van der Waals surface area contributed by atoms with Crippen LogP contribution in [0.4, 0.5) is 5.82 Å². The average Bonchev–Trinajstić information content (AvgIpc) is 2.82. The number of nitrogens with zero attached hydrogens (tertiary/aromatic N) is 4. The van der Waals surface area contributed by atoms with Crippen LogP contribution in [0, 0.1) is 0 Å². The smallest absolute Gasteiger partial charge is 0.243 e. The molecule has 5 nitrogen and oxygen atoms in total. The van der Waals surface area contributed by atoms with Crippen LogP contribution in [0.3, 0.4) is 0 Å². The van der Waals surface area contributed by atoms with Crippen LogP contribution < -0.4 is 4.90 Å². The van der Waals surface area contributed by atoms with Gasteiger partial charge >= 0.3 is 0 Å². The molecule has 3 heterocycles. The molecule has 108 valence electrons. The summed E-state index contributed by atoms with van der Waals surface area (Å²) in [6, 6.07) is 4.17. The molecule has 2 aromatic rings. The standard InChI is InChI=1S/C14H19ClN4O/c1-14(2,3)11-5-4-10-12(16-13(15)17-19(10)11)18-6-8-20-9-7-18/h4-5H,6-9H2,1-3H3. The molecule has 20 heavy (non-hydrogen) atoms. The van der Waals surface area contributed by atoms with Gasteiger partial charge in [0.1, 0.15) is 5.52 Å². The molecule has 1 fully saturated rings. The third-order valence-corrected chi connectivity index (χ3v) is 3.70. The van der Waals surface area contributed by atoms with E-state index in [0.29, 0.717) is 0 Å². The first kappa shape index (κ1) is 13.6. The van der Waals surface area contributed by atoms with E-state index >= 15 is 0 Å². The zero-order chi connectivity index (χ0) is 14.3. The summed E-state index contributed by atoms with van der Waals surface area (Å²) in [7, 11) is 0. The molecule has 0 aliphatic carbocycles. The highest BCUT2D eigenvalue weighted by atomic mass is 35.5. The second-order valence-electron chi connectivity index (χ2n) is 6.07. The first-order valence-electron chi connectivity index (χ1n) is 6.85. The molecule has 0 radical (unpaired) electrons. The van der Waals surface area contributed by atoms with Crippen molar-refractivity contribution >= 4 is 22.9 Å². The monoisotopic (exact) mass is 294 g/mol. The van der Waals surface area contributed by atoms with Gasteiger partial charge in [-0.2, -0.15) is 4.98 Å². The predicted molar refractivity (Wildman–Crippen MR) is 79.7 cm³/mol. The van der Waals surface area contributed by atoms with Gasteiger partial charge in [-0.3, -0.25) is 0 Å². The topological polar surface area (TPSA) is 42.7 Å². The van der Waals surface area contributed by atoms with E-state index < -0.39 is 0 Å². The Morgan fingerprint density at radius 1 is 1.20 bits per heavy atom. The molecule has 1 aliphatic rings. The Balaban J connectivity index is 2.15. The molecule has 0 atom stereocenters. The van der Waals surface area contributed by atoms with Gasteiger partial charge in [0.05, 0.1) is 13.2 Å². The van der Waals surface area contributed by atoms with E-state index in [0.717, 1.165) is 43.3 Å². The minimum Gasteiger partial charge on any atom is -0.378 e. The minimum atomic E-state index is 0.00633. The summed E-state index contributed by atoms with van der Waals surface area (Å²) in [5, 5.41) is 4.65. The first-order chi connectivity index (χ1) is 9.47. The van der Waals surface area contributed by atoms with Crippen molar-refractivity contribution in [1.29, 1.82) is 0 Å². The number of ether oxygens (including phenoxy) is 1. The largest absolute Gasteiger partial charge is 0.378 e. The number of morpholine rings is 1. The lowest BCUT2D eigenvalue weighted by atomic mass is 9.93. The Labute approximate surface area is 123 Å². The second kappa shape index (κ2) is 4.90. The van der Waals surface area contributed by atoms with Gasteiger partial charge in [0.2, 0.25) is 5.28 Å². The maximum absolute atomic E-state index is 6.12. The molecular weight excluding hydrogens is 276 g/mol. The van der Waals surface area contributed by atoms with E-state index in [9.17, 15) is 0 Å². The van der Waals surface area contributed by atoms with Gasteiger partial charge in [0, 0.05) is 24.2 Å². The summed E-state index contributed by atoms with van der Waals surface area (Å²) < 4.78 is 7.31. The van der Waals surface area contributed by atoms with Crippen LogP contribution in [0.25, 0.3) is 5.52 Å². The molecular formula is C14H19ClN4O. The first-order valence-corrected chi connectivity index (χ1v) is 7.23. The molecule has 0 saturated carbocycles. The molecule has 1 saturated heterocycles. The van der Waals surface area contributed by atoms with Gasteiger partial charge in [0.25, 0.3) is 0 Å². The normalized spacial score (nSPS) is 16.9. The highest BCUT2D eigenvalue weighted by Gasteiger charge is 2.23. The fourth-order valence-electron chi connectivity index (χ4n) is 2.53. The third kappa shape index (κ3) is 2.36. The van der Waals surface area contributed by atoms with Crippen molar-refractivity contribution in [3.63, 3.8) is 0 Å². The van der Waals surface area contributed by atoms with Crippen LogP contribution in [0.15, 0.2) is 12.1 Å². The second-order valence-corrected chi connectivity index (χ2v) is 6.41. The Bertz CT molecular complexity index is 626. The lowest BCUT2D eigenvalue weighted by Gasteiger charge is -2.28. The van der Waals surface area contributed by atoms with Crippen molar-refractivity contribution in [1.82, 2.24) is 14.6 Å².